The van der Waals surface area contributed by atoms with Gasteiger partial charge in [0, 0.05) is 19.2 Å². The van der Waals surface area contributed by atoms with Gasteiger partial charge in [0.2, 0.25) is 10.0 Å². The number of sulfonamides is 1. The Hall–Kier alpha value is -1.90. The van der Waals surface area contributed by atoms with E-state index in [0.29, 0.717) is 24.5 Å². The second kappa shape index (κ2) is 7.99. The molecular weight excluding hydrogens is 368 g/mol. The topological polar surface area (TPSA) is 89.7 Å². The summed E-state index contributed by atoms with van der Waals surface area (Å²) in [7, 11) is -3.70. The van der Waals surface area contributed by atoms with Crippen LogP contribution in [0.4, 0.5) is 0 Å². The first-order chi connectivity index (χ1) is 11.8. The molecule has 1 heterocycles. The number of benzene rings is 1. The average molecular weight is 387 g/mol. The molecule has 136 valence electrons. The highest BCUT2D eigenvalue weighted by Gasteiger charge is 2.24. The van der Waals surface area contributed by atoms with E-state index in [0.717, 1.165) is 0 Å². The van der Waals surface area contributed by atoms with E-state index in [9.17, 15) is 13.2 Å². The van der Waals surface area contributed by atoms with E-state index < -0.39 is 16.0 Å². The zero-order valence-corrected chi connectivity index (χ0v) is 15.7. The average Bonchev–Trinajstić information content (AvgIpc) is 2.99. The molecule has 2 rings (SSSR count). The van der Waals surface area contributed by atoms with Crippen LogP contribution in [0, 0.1) is 6.92 Å². The summed E-state index contributed by atoms with van der Waals surface area (Å²) in [4.78, 5) is 12.2. The van der Waals surface area contributed by atoms with E-state index in [1.807, 2.05) is 0 Å². The van der Waals surface area contributed by atoms with Crippen LogP contribution in [0.3, 0.4) is 0 Å². The quantitative estimate of drug-likeness (QED) is 0.679. The molecule has 1 aromatic heterocycles. The fourth-order valence-electron chi connectivity index (χ4n) is 2.23. The van der Waals surface area contributed by atoms with Crippen LogP contribution in [-0.2, 0) is 21.4 Å². The third kappa shape index (κ3) is 4.39. The summed E-state index contributed by atoms with van der Waals surface area (Å²) < 4.78 is 36.5. The van der Waals surface area contributed by atoms with Crippen molar-refractivity contribution in [2.45, 2.75) is 32.3 Å². The van der Waals surface area contributed by atoms with Gasteiger partial charge in [0.1, 0.15) is 0 Å². The maximum atomic E-state index is 12.6. The van der Waals surface area contributed by atoms with Crippen molar-refractivity contribution in [1.82, 2.24) is 9.46 Å². The van der Waals surface area contributed by atoms with E-state index in [2.05, 4.69) is 5.16 Å². The second-order valence-corrected chi connectivity index (χ2v) is 7.59. The van der Waals surface area contributed by atoms with Gasteiger partial charge in [0.25, 0.3) is 0 Å². The standard InChI is InChI=1S/C16H19ClN2O5S/c1-4-19(5-2)25(21,22)13-6-7-15(17)14(9-13)16(20)23-10-12-8-11(3)18-24-12/h6-9H,4-5,10H2,1-3H3. The minimum Gasteiger partial charge on any atom is -0.454 e. The molecule has 0 N–H and O–H groups in total. The molecule has 0 radical (unpaired) electrons. The lowest BCUT2D eigenvalue weighted by atomic mass is 10.2. The van der Waals surface area contributed by atoms with Crippen molar-refractivity contribution in [2.24, 2.45) is 0 Å². The zero-order chi connectivity index (χ0) is 18.6. The summed E-state index contributed by atoms with van der Waals surface area (Å²) in [5.41, 5.74) is 0.641. The number of halogens is 1. The molecule has 0 spiro atoms. The summed E-state index contributed by atoms with van der Waals surface area (Å²) in [5, 5.41) is 3.80. The molecule has 9 heteroatoms. The third-order valence-electron chi connectivity index (χ3n) is 3.52. The van der Waals surface area contributed by atoms with E-state index >= 15 is 0 Å². The molecule has 0 aliphatic rings. The lowest BCUT2D eigenvalue weighted by Crippen LogP contribution is -2.30. The van der Waals surface area contributed by atoms with Crippen molar-refractivity contribution < 1.29 is 22.5 Å². The highest BCUT2D eigenvalue weighted by atomic mass is 35.5. The van der Waals surface area contributed by atoms with Crippen molar-refractivity contribution in [3.8, 4) is 0 Å². The van der Waals surface area contributed by atoms with Gasteiger partial charge in [-0.2, -0.15) is 4.31 Å². The van der Waals surface area contributed by atoms with Crippen LogP contribution in [0.25, 0.3) is 0 Å². The van der Waals surface area contributed by atoms with Gasteiger partial charge in [-0.05, 0) is 25.1 Å². The summed E-state index contributed by atoms with van der Waals surface area (Å²) in [6.07, 6.45) is 0. The fourth-order valence-corrected chi connectivity index (χ4v) is 3.91. The first-order valence-electron chi connectivity index (χ1n) is 7.68. The van der Waals surface area contributed by atoms with Gasteiger partial charge in [-0.25, -0.2) is 13.2 Å². The van der Waals surface area contributed by atoms with Crippen LogP contribution in [-0.4, -0.2) is 36.9 Å². The number of nitrogens with zero attached hydrogens (tertiary/aromatic N) is 2. The van der Waals surface area contributed by atoms with E-state index in [1.165, 1.54) is 22.5 Å². The molecular formula is C16H19ClN2O5S. The van der Waals surface area contributed by atoms with Gasteiger partial charge in [-0.15, -0.1) is 0 Å². The molecule has 0 bridgehead atoms. The Balaban J connectivity index is 2.24. The highest BCUT2D eigenvalue weighted by molar-refractivity contribution is 7.89. The molecule has 0 saturated heterocycles. The van der Waals surface area contributed by atoms with Crippen LogP contribution >= 0.6 is 11.6 Å². The molecule has 1 aromatic carbocycles. The number of hydrogen-bond donors (Lipinski definition) is 0. The Bertz CT molecular complexity index is 859. The van der Waals surface area contributed by atoms with Crippen molar-refractivity contribution in [3.63, 3.8) is 0 Å². The highest BCUT2D eigenvalue weighted by Crippen LogP contribution is 2.24. The number of aryl methyl sites for hydroxylation is 1. The molecule has 0 fully saturated rings. The maximum absolute atomic E-state index is 12.6. The molecule has 0 unspecified atom stereocenters. The third-order valence-corrected chi connectivity index (χ3v) is 5.90. The second-order valence-electron chi connectivity index (χ2n) is 5.24. The number of esters is 1. The summed E-state index contributed by atoms with van der Waals surface area (Å²) in [5.74, 6) is -0.357. The molecule has 0 amide bonds. The Morgan fingerprint density at radius 3 is 2.52 bits per heavy atom. The molecule has 2 aromatic rings. The SMILES string of the molecule is CCN(CC)S(=O)(=O)c1ccc(Cl)c(C(=O)OCc2cc(C)no2)c1. The van der Waals surface area contributed by atoms with Crippen LogP contribution in [0.2, 0.25) is 5.02 Å². The van der Waals surface area contributed by atoms with Crippen LogP contribution < -0.4 is 0 Å². The molecule has 0 aliphatic carbocycles. The Morgan fingerprint density at radius 1 is 1.28 bits per heavy atom. The van der Waals surface area contributed by atoms with Crippen LogP contribution in [0.15, 0.2) is 33.7 Å². The normalized spacial score (nSPS) is 11.7. The number of carbonyl (C=O) groups excluding carboxylic acids is 1. The van der Waals surface area contributed by atoms with Crippen molar-refractivity contribution in [2.75, 3.05) is 13.1 Å². The number of ether oxygens (including phenoxy) is 1. The van der Waals surface area contributed by atoms with Gasteiger partial charge in [0.15, 0.2) is 12.4 Å². The van der Waals surface area contributed by atoms with Crippen LogP contribution in [0.5, 0.6) is 0 Å². The van der Waals surface area contributed by atoms with Crippen molar-refractivity contribution in [3.05, 3.63) is 46.3 Å². The van der Waals surface area contributed by atoms with E-state index in [4.69, 9.17) is 20.9 Å². The first kappa shape index (κ1) is 19.4. The summed E-state index contributed by atoms with van der Waals surface area (Å²) in [6.45, 7) is 5.76. The fraction of sp³-hybridized carbons (Fsp3) is 0.375. The van der Waals surface area contributed by atoms with Gasteiger partial charge < -0.3 is 9.26 Å². The largest absolute Gasteiger partial charge is 0.454 e. The van der Waals surface area contributed by atoms with Gasteiger partial charge in [0.05, 0.1) is 21.2 Å². The van der Waals surface area contributed by atoms with Gasteiger partial charge in [-0.3, -0.25) is 0 Å². The molecule has 0 saturated carbocycles. The van der Waals surface area contributed by atoms with Crippen molar-refractivity contribution >= 4 is 27.6 Å². The smallest absolute Gasteiger partial charge is 0.340 e. The predicted molar refractivity (Wildman–Crippen MR) is 91.9 cm³/mol. The lowest BCUT2D eigenvalue weighted by molar-refractivity contribution is 0.0437. The number of hydrogen-bond acceptors (Lipinski definition) is 6. The Labute approximate surface area is 151 Å². The molecule has 0 atom stereocenters. The molecule has 25 heavy (non-hydrogen) atoms. The minimum atomic E-state index is -3.70. The van der Waals surface area contributed by atoms with Crippen LogP contribution in [0.1, 0.15) is 35.7 Å². The lowest BCUT2D eigenvalue weighted by Gasteiger charge is -2.19. The zero-order valence-electron chi connectivity index (χ0n) is 14.2. The van der Waals surface area contributed by atoms with E-state index in [1.54, 1.807) is 26.8 Å². The monoisotopic (exact) mass is 386 g/mol. The van der Waals surface area contributed by atoms with Gasteiger partial charge in [-0.1, -0.05) is 30.6 Å². The molecule has 7 nitrogen and oxygen atoms in total. The van der Waals surface area contributed by atoms with Crippen molar-refractivity contribution in [1.29, 1.82) is 0 Å². The molecule has 0 aliphatic heterocycles. The number of aromatic nitrogens is 1. The predicted octanol–water partition coefficient (Wildman–Crippen LogP) is 3.02. The number of carbonyl (C=O) groups is 1. The minimum absolute atomic E-state index is 0.0111. The number of rotatable bonds is 7. The first-order valence-corrected chi connectivity index (χ1v) is 9.50. The Morgan fingerprint density at radius 2 is 1.96 bits per heavy atom. The Kier molecular flexibility index (Phi) is 6.21. The summed E-state index contributed by atoms with van der Waals surface area (Å²) in [6, 6.07) is 5.60. The summed E-state index contributed by atoms with van der Waals surface area (Å²) >= 11 is 6.03. The van der Waals surface area contributed by atoms with Gasteiger partial charge >= 0.3 is 5.97 Å². The van der Waals surface area contributed by atoms with E-state index in [-0.39, 0.29) is 22.1 Å². The maximum Gasteiger partial charge on any atom is 0.340 e.